The van der Waals surface area contributed by atoms with Crippen LogP contribution >= 0.6 is 12.2 Å². The van der Waals surface area contributed by atoms with Gasteiger partial charge in [0.2, 0.25) is 5.91 Å². The minimum absolute atomic E-state index is 0.148. The summed E-state index contributed by atoms with van der Waals surface area (Å²) in [5.41, 5.74) is 5.82. The lowest BCUT2D eigenvalue weighted by atomic mass is 9.86. The normalized spacial score (nSPS) is 13.4. The van der Waals surface area contributed by atoms with Crippen LogP contribution in [-0.2, 0) is 11.3 Å². The number of benzene rings is 1. The molecule has 0 aliphatic heterocycles. The number of thiocarbonyl (C=S) groups is 1. The van der Waals surface area contributed by atoms with Crippen molar-refractivity contribution in [2.75, 3.05) is 7.11 Å². The van der Waals surface area contributed by atoms with Crippen LogP contribution in [0.3, 0.4) is 0 Å². The minimum atomic E-state index is -0.797. The average Bonchev–Trinajstić information content (AvgIpc) is 2.43. The minimum Gasteiger partial charge on any atom is -0.497 e. The third-order valence-electron chi connectivity index (χ3n) is 3.34. The van der Waals surface area contributed by atoms with Crippen molar-refractivity contribution in [2.45, 2.75) is 26.8 Å². The van der Waals surface area contributed by atoms with Gasteiger partial charge in [-0.05, 0) is 31.0 Å². The zero-order chi connectivity index (χ0) is 14.5. The topological polar surface area (TPSA) is 64.3 Å². The van der Waals surface area contributed by atoms with Gasteiger partial charge in [-0.1, -0.05) is 31.3 Å². The van der Waals surface area contributed by atoms with Crippen LogP contribution in [0.25, 0.3) is 0 Å². The van der Waals surface area contributed by atoms with Gasteiger partial charge < -0.3 is 15.8 Å². The molecule has 0 saturated carbocycles. The summed E-state index contributed by atoms with van der Waals surface area (Å²) >= 11 is 4.97. The lowest BCUT2D eigenvalue weighted by molar-refractivity contribution is -0.127. The van der Waals surface area contributed by atoms with E-state index >= 15 is 0 Å². The van der Waals surface area contributed by atoms with Crippen LogP contribution in [-0.4, -0.2) is 18.0 Å². The molecule has 0 spiro atoms. The highest BCUT2D eigenvalue weighted by atomic mass is 32.1. The van der Waals surface area contributed by atoms with E-state index < -0.39 is 5.41 Å². The van der Waals surface area contributed by atoms with Gasteiger partial charge in [0.15, 0.2) is 0 Å². The smallest absolute Gasteiger partial charge is 0.233 e. The zero-order valence-electron chi connectivity index (χ0n) is 11.5. The molecule has 3 N–H and O–H groups in total. The first kappa shape index (κ1) is 15.4. The Morgan fingerprint density at radius 1 is 1.53 bits per heavy atom. The second kappa shape index (κ2) is 6.52. The van der Waals surface area contributed by atoms with Gasteiger partial charge in [0, 0.05) is 6.54 Å². The van der Waals surface area contributed by atoms with E-state index in [1.807, 2.05) is 31.2 Å². The van der Waals surface area contributed by atoms with E-state index in [9.17, 15) is 4.79 Å². The van der Waals surface area contributed by atoms with E-state index in [4.69, 9.17) is 22.7 Å². The number of carbonyl (C=O) groups excluding carboxylic acids is 1. The van der Waals surface area contributed by atoms with Crippen LogP contribution in [0, 0.1) is 5.41 Å². The first-order chi connectivity index (χ1) is 8.93. The molecule has 0 aromatic heterocycles. The van der Waals surface area contributed by atoms with Gasteiger partial charge in [-0.15, -0.1) is 0 Å². The Morgan fingerprint density at radius 3 is 2.74 bits per heavy atom. The number of nitrogens with one attached hydrogen (secondary N) is 1. The van der Waals surface area contributed by atoms with E-state index in [1.165, 1.54) is 0 Å². The summed E-state index contributed by atoms with van der Waals surface area (Å²) < 4.78 is 5.13. The molecule has 1 amide bonds. The second-order valence-corrected chi connectivity index (χ2v) is 5.02. The Morgan fingerprint density at radius 2 is 2.21 bits per heavy atom. The molecule has 4 nitrogen and oxygen atoms in total. The lowest BCUT2D eigenvalue weighted by Gasteiger charge is -2.25. The maximum absolute atomic E-state index is 12.2. The van der Waals surface area contributed by atoms with Gasteiger partial charge in [0.1, 0.15) is 5.75 Å². The quantitative estimate of drug-likeness (QED) is 0.782. The van der Waals surface area contributed by atoms with Crippen molar-refractivity contribution in [3.05, 3.63) is 29.8 Å². The SMILES string of the molecule is CCC(C)(C(=O)NCc1cccc(OC)c1)C(N)=S. The van der Waals surface area contributed by atoms with E-state index in [1.54, 1.807) is 14.0 Å². The molecule has 19 heavy (non-hydrogen) atoms. The summed E-state index contributed by atoms with van der Waals surface area (Å²) in [5.74, 6) is 0.615. The monoisotopic (exact) mass is 280 g/mol. The van der Waals surface area contributed by atoms with Crippen LogP contribution in [0.15, 0.2) is 24.3 Å². The first-order valence-corrected chi connectivity index (χ1v) is 6.56. The number of rotatable bonds is 6. The Bertz CT molecular complexity index is 476. The Labute approximate surface area is 119 Å². The zero-order valence-corrected chi connectivity index (χ0v) is 12.3. The van der Waals surface area contributed by atoms with Gasteiger partial charge in [0.25, 0.3) is 0 Å². The van der Waals surface area contributed by atoms with Crippen LogP contribution in [0.5, 0.6) is 5.75 Å². The fourth-order valence-electron chi connectivity index (χ4n) is 1.61. The van der Waals surface area contributed by atoms with Gasteiger partial charge in [-0.3, -0.25) is 4.79 Å². The lowest BCUT2D eigenvalue weighted by Crippen LogP contribution is -2.46. The molecule has 1 atom stereocenters. The fraction of sp³-hybridized carbons (Fsp3) is 0.429. The Kier molecular flexibility index (Phi) is 5.30. The van der Waals surface area contributed by atoms with Crippen molar-refractivity contribution in [1.82, 2.24) is 5.32 Å². The molecule has 1 aromatic rings. The Hall–Kier alpha value is -1.62. The fourth-order valence-corrected chi connectivity index (χ4v) is 1.84. The molecule has 1 unspecified atom stereocenters. The predicted molar refractivity (Wildman–Crippen MR) is 80.0 cm³/mol. The second-order valence-electron chi connectivity index (χ2n) is 4.58. The van der Waals surface area contributed by atoms with Gasteiger partial charge in [-0.25, -0.2) is 0 Å². The maximum Gasteiger partial charge on any atom is 0.233 e. The van der Waals surface area contributed by atoms with Crippen LogP contribution in [0.2, 0.25) is 0 Å². The first-order valence-electron chi connectivity index (χ1n) is 6.15. The highest BCUT2D eigenvalue weighted by molar-refractivity contribution is 7.80. The number of hydrogen-bond acceptors (Lipinski definition) is 3. The number of hydrogen-bond donors (Lipinski definition) is 2. The van der Waals surface area contributed by atoms with Crippen molar-refractivity contribution >= 4 is 23.1 Å². The van der Waals surface area contributed by atoms with Crippen molar-refractivity contribution in [2.24, 2.45) is 11.1 Å². The summed E-state index contributed by atoms with van der Waals surface area (Å²) in [4.78, 5) is 12.4. The molecule has 104 valence electrons. The summed E-state index contributed by atoms with van der Waals surface area (Å²) in [6, 6.07) is 7.54. The molecule has 0 saturated heterocycles. The predicted octanol–water partition coefficient (Wildman–Crippen LogP) is 2.01. The van der Waals surface area contributed by atoms with Gasteiger partial charge in [-0.2, -0.15) is 0 Å². The molecule has 0 heterocycles. The summed E-state index contributed by atoms with van der Waals surface area (Å²) in [7, 11) is 1.61. The molecule has 1 rings (SSSR count). The molecule has 1 aromatic carbocycles. The van der Waals surface area contributed by atoms with E-state index in [0.29, 0.717) is 13.0 Å². The van der Waals surface area contributed by atoms with Crippen LogP contribution < -0.4 is 15.8 Å². The molecular formula is C14H20N2O2S. The number of methoxy groups -OCH3 is 1. The van der Waals surface area contributed by atoms with Gasteiger partial charge in [0.05, 0.1) is 17.5 Å². The molecule has 0 fully saturated rings. The number of carbonyl (C=O) groups is 1. The van der Waals surface area contributed by atoms with Gasteiger partial charge >= 0.3 is 0 Å². The molecule has 0 aliphatic rings. The number of ether oxygens (including phenoxy) is 1. The number of nitrogens with two attached hydrogens (primary N) is 1. The highest BCUT2D eigenvalue weighted by Crippen LogP contribution is 2.22. The summed E-state index contributed by atoms with van der Waals surface area (Å²) in [6.45, 7) is 4.08. The van der Waals surface area contributed by atoms with Crippen molar-refractivity contribution in [1.29, 1.82) is 0 Å². The van der Waals surface area contributed by atoms with Crippen LogP contribution in [0.1, 0.15) is 25.8 Å². The van der Waals surface area contributed by atoms with E-state index in [2.05, 4.69) is 5.32 Å². The molecule has 0 radical (unpaired) electrons. The average molecular weight is 280 g/mol. The highest BCUT2D eigenvalue weighted by Gasteiger charge is 2.34. The molecule has 0 aliphatic carbocycles. The Balaban J connectivity index is 2.70. The molecular weight excluding hydrogens is 260 g/mol. The summed E-state index contributed by atoms with van der Waals surface area (Å²) in [6.07, 6.45) is 0.576. The maximum atomic E-state index is 12.2. The summed E-state index contributed by atoms with van der Waals surface area (Å²) in [5, 5.41) is 2.86. The van der Waals surface area contributed by atoms with E-state index in [0.717, 1.165) is 11.3 Å². The van der Waals surface area contributed by atoms with Crippen LogP contribution in [0.4, 0.5) is 0 Å². The third kappa shape index (κ3) is 3.67. The van der Waals surface area contributed by atoms with Crippen molar-refractivity contribution in [3.63, 3.8) is 0 Å². The largest absolute Gasteiger partial charge is 0.497 e. The number of amides is 1. The standard InChI is InChI=1S/C14H20N2O2S/c1-4-14(2,12(15)19)13(17)16-9-10-6-5-7-11(8-10)18-3/h5-8H,4,9H2,1-3H3,(H2,15,19)(H,16,17). The third-order valence-corrected chi connectivity index (χ3v) is 3.79. The van der Waals surface area contributed by atoms with Crippen molar-refractivity contribution in [3.8, 4) is 5.75 Å². The van der Waals surface area contributed by atoms with E-state index in [-0.39, 0.29) is 10.9 Å². The van der Waals surface area contributed by atoms with Crippen molar-refractivity contribution < 1.29 is 9.53 Å². The molecule has 5 heteroatoms. The molecule has 0 bridgehead atoms.